The summed E-state index contributed by atoms with van der Waals surface area (Å²) in [6.07, 6.45) is 0.372. The molecule has 1 heterocycles. The quantitative estimate of drug-likeness (QED) is 0.812. The minimum Gasteiger partial charge on any atom is -0.476 e. The van der Waals surface area contributed by atoms with E-state index < -0.39 is 12.2 Å². The van der Waals surface area contributed by atoms with Crippen LogP contribution >= 0.6 is 23.2 Å². The van der Waals surface area contributed by atoms with Gasteiger partial charge in [0.2, 0.25) is 5.90 Å². The van der Waals surface area contributed by atoms with Crippen LogP contribution in [-0.4, -0.2) is 30.2 Å². The van der Waals surface area contributed by atoms with Crippen LogP contribution < -0.4 is 5.32 Å². The van der Waals surface area contributed by atoms with E-state index in [1.165, 1.54) is 0 Å². The van der Waals surface area contributed by atoms with Crippen molar-refractivity contribution in [2.45, 2.75) is 45.3 Å². The van der Waals surface area contributed by atoms with Gasteiger partial charge in [0.1, 0.15) is 6.61 Å². The van der Waals surface area contributed by atoms with Gasteiger partial charge < -0.3 is 9.47 Å². The Hall–Kier alpha value is -1.46. The first-order valence-corrected chi connectivity index (χ1v) is 8.21. The van der Waals surface area contributed by atoms with Crippen LogP contribution in [0.4, 0.5) is 10.5 Å². The van der Waals surface area contributed by atoms with Crippen LogP contribution in [0.25, 0.3) is 0 Å². The summed E-state index contributed by atoms with van der Waals surface area (Å²) < 4.78 is 11.0. The molecule has 0 fully saturated rings. The van der Waals surface area contributed by atoms with Crippen LogP contribution in [-0.2, 0) is 9.47 Å². The summed E-state index contributed by atoms with van der Waals surface area (Å²) in [4.78, 5) is 16.6. The number of halogens is 2. The monoisotopic (exact) mass is 358 g/mol. The first kappa shape index (κ1) is 17.9. The van der Waals surface area contributed by atoms with E-state index in [9.17, 15) is 4.79 Å². The highest BCUT2D eigenvalue weighted by Gasteiger charge is 2.32. The van der Waals surface area contributed by atoms with Crippen molar-refractivity contribution in [3.63, 3.8) is 0 Å². The lowest BCUT2D eigenvalue weighted by atomic mass is 10.1. The lowest BCUT2D eigenvalue weighted by Crippen LogP contribution is -2.29. The first-order valence-electron chi connectivity index (χ1n) is 7.45. The Morgan fingerprint density at radius 2 is 2.04 bits per heavy atom. The van der Waals surface area contributed by atoms with Crippen LogP contribution in [0.1, 0.15) is 33.6 Å². The molecule has 0 aliphatic carbocycles. The Labute approximate surface area is 146 Å². The molecule has 1 aliphatic rings. The van der Waals surface area contributed by atoms with Gasteiger partial charge in [0, 0.05) is 15.7 Å². The van der Waals surface area contributed by atoms with E-state index in [2.05, 4.69) is 10.3 Å². The van der Waals surface area contributed by atoms with Crippen molar-refractivity contribution >= 4 is 40.9 Å². The van der Waals surface area contributed by atoms with E-state index in [1.54, 1.807) is 18.2 Å². The van der Waals surface area contributed by atoms with Crippen molar-refractivity contribution in [3.8, 4) is 0 Å². The van der Waals surface area contributed by atoms with Gasteiger partial charge in [-0.2, -0.15) is 0 Å². The van der Waals surface area contributed by atoms with Gasteiger partial charge in [0.25, 0.3) is 0 Å². The van der Waals surface area contributed by atoms with Gasteiger partial charge in [-0.25, -0.2) is 9.79 Å². The summed E-state index contributed by atoms with van der Waals surface area (Å²) in [6.45, 7) is 6.43. The molecule has 1 N–H and O–H groups in total. The summed E-state index contributed by atoms with van der Waals surface area (Å²) in [5, 5.41) is 3.48. The zero-order valence-corrected chi connectivity index (χ0v) is 14.9. The van der Waals surface area contributed by atoms with Crippen LogP contribution in [0.3, 0.4) is 0 Å². The predicted octanol–water partition coefficient (Wildman–Crippen LogP) is 4.92. The summed E-state index contributed by atoms with van der Waals surface area (Å²) in [7, 11) is 0. The van der Waals surface area contributed by atoms with Crippen LogP contribution in [0, 0.1) is 0 Å². The molecule has 1 aliphatic heterocycles. The molecule has 126 valence electrons. The Kier molecular flexibility index (Phi) is 5.76. The molecule has 0 radical (unpaired) electrons. The number of hydrogen-bond donors (Lipinski definition) is 1. The molecule has 1 amide bonds. The number of aliphatic imine (C=N–C) groups is 1. The van der Waals surface area contributed by atoms with E-state index in [0.29, 0.717) is 34.7 Å². The predicted molar refractivity (Wildman–Crippen MR) is 92.7 cm³/mol. The van der Waals surface area contributed by atoms with Crippen LogP contribution in [0.5, 0.6) is 0 Å². The molecular formula is C16H20Cl2N2O3. The molecule has 7 heteroatoms. The lowest BCUT2D eigenvalue weighted by molar-refractivity contribution is 0.123. The Morgan fingerprint density at radius 1 is 1.39 bits per heavy atom. The summed E-state index contributed by atoms with van der Waals surface area (Å²) in [6, 6.07) is 4.77. The fourth-order valence-electron chi connectivity index (χ4n) is 2.18. The van der Waals surface area contributed by atoms with E-state index in [0.717, 1.165) is 6.42 Å². The molecule has 0 spiro atoms. The highest BCUT2D eigenvalue weighted by molar-refractivity contribution is 6.35. The molecule has 0 bridgehead atoms. The second-order valence-corrected chi connectivity index (χ2v) is 6.89. The van der Waals surface area contributed by atoms with Gasteiger partial charge >= 0.3 is 6.09 Å². The molecule has 1 aromatic carbocycles. The van der Waals surface area contributed by atoms with Gasteiger partial charge in [-0.3, -0.25) is 5.32 Å². The maximum Gasteiger partial charge on any atom is 0.412 e. The van der Waals surface area contributed by atoms with E-state index in [-0.39, 0.29) is 5.54 Å². The van der Waals surface area contributed by atoms with E-state index in [4.69, 9.17) is 32.7 Å². The summed E-state index contributed by atoms with van der Waals surface area (Å²) >= 11 is 11.8. The first-order chi connectivity index (χ1) is 10.8. The number of carbonyl (C=O) groups is 1. The number of carbonyl (C=O) groups excluding carboxylic acids is 1. The zero-order chi connectivity index (χ0) is 17.0. The van der Waals surface area contributed by atoms with Gasteiger partial charge in [0.05, 0.1) is 5.54 Å². The van der Waals surface area contributed by atoms with E-state index in [1.807, 2.05) is 20.8 Å². The molecule has 5 nitrogen and oxygen atoms in total. The minimum atomic E-state index is -0.599. The fourth-order valence-corrected chi connectivity index (χ4v) is 2.70. The highest BCUT2D eigenvalue weighted by Crippen LogP contribution is 2.24. The second-order valence-electron chi connectivity index (χ2n) is 6.02. The third-order valence-electron chi connectivity index (χ3n) is 3.17. The number of anilines is 1. The van der Waals surface area contributed by atoms with Crippen molar-refractivity contribution in [1.82, 2.24) is 0 Å². The Balaban J connectivity index is 2.03. The minimum absolute atomic E-state index is 0.290. The number of amides is 1. The number of nitrogens with one attached hydrogen (secondary N) is 1. The van der Waals surface area contributed by atoms with Gasteiger partial charge in [-0.1, -0.05) is 36.5 Å². The largest absolute Gasteiger partial charge is 0.476 e. The maximum atomic E-state index is 12.1. The number of nitrogens with zero attached hydrogens (tertiary/aromatic N) is 1. The molecule has 0 saturated carbocycles. The average Bonchev–Trinajstić information content (AvgIpc) is 2.77. The van der Waals surface area contributed by atoms with Crippen molar-refractivity contribution in [3.05, 3.63) is 28.2 Å². The topological polar surface area (TPSA) is 59.9 Å². The molecular weight excluding hydrogens is 339 g/mol. The van der Waals surface area contributed by atoms with Gasteiger partial charge in [-0.15, -0.1) is 0 Å². The van der Waals surface area contributed by atoms with Crippen molar-refractivity contribution in [2.75, 3.05) is 11.9 Å². The Morgan fingerprint density at radius 3 is 2.57 bits per heavy atom. The molecule has 1 atom stereocenters. The Bertz CT molecular complexity index is 597. The van der Waals surface area contributed by atoms with Gasteiger partial charge in [0.15, 0.2) is 6.10 Å². The second kappa shape index (κ2) is 7.41. The smallest absolute Gasteiger partial charge is 0.412 e. The lowest BCUT2D eigenvalue weighted by Gasteiger charge is -2.17. The van der Waals surface area contributed by atoms with Crippen molar-refractivity contribution in [2.24, 2.45) is 4.99 Å². The highest BCUT2D eigenvalue weighted by atomic mass is 35.5. The molecule has 1 unspecified atom stereocenters. The SMILES string of the molecule is CCCC(OC(=O)Nc1cc(Cl)cc(Cl)c1)C1=NC(C)(C)CO1. The zero-order valence-electron chi connectivity index (χ0n) is 13.4. The third kappa shape index (κ3) is 5.29. The number of rotatable bonds is 5. The van der Waals surface area contributed by atoms with Crippen molar-refractivity contribution in [1.29, 1.82) is 0 Å². The van der Waals surface area contributed by atoms with Crippen LogP contribution in [0.15, 0.2) is 23.2 Å². The molecule has 2 rings (SSSR count). The molecule has 0 saturated heterocycles. The number of hydrogen-bond acceptors (Lipinski definition) is 4. The normalized spacial score (nSPS) is 17.2. The average molecular weight is 359 g/mol. The van der Waals surface area contributed by atoms with Crippen LogP contribution in [0.2, 0.25) is 10.0 Å². The summed E-state index contributed by atoms with van der Waals surface area (Å²) in [5.41, 5.74) is 0.180. The summed E-state index contributed by atoms with van der Waals surface area (Å²) in [5.74, 6) is 0.469. The molecule has 23 heavy (non-hydrogen) atoms. The standard InChI is InChI=1S/C16H20Cl2N2O3/c1-4-5-13(14-20-16(2,3)9-22-14)23-15(21)19-12-7-10(17)6-11(18)8-12/h6-8,13H,4-5,9H2,1-3H3,(H,19,21). The van der Waals surface area contributed by atoms with E-state index >= 15 is 0 Å². The fraction of sp³-hybridized carbons (Fsp3) is 0.500. The maximum absolute atomic E-state index is 12.1. The molecule has 1 aromatic rings. The van der Waals surface area contributed by atoms with Gasteiger partial charge in [-0.05, 0) is 38.5 Å². The van der Waals surface area contributed by atoms with Crippen molar-refractivity contribution < 1.29 is 14.3 Å². The number of ether oxygens (including phenoxy) is 2. The molecule has 0 aromatic heterocycles. The number of benzene rings is 1. The third-order valence-corrected chi connectivity index (χ3v) is 3.61.